The molecule has 0 bridgehead atoms. The zero-order valence-corrected chi connectivity index (χ0v) is 10.6. The van der Waals surface area contributed by atoms with Gasteiger partial charge in [0.15, 0.2) is 5.78 Å². The fraction of sp³-hybridized carbons (Fsp3) is 0.462. The first-order chi connectivity index (χ1) is 8.04. The van der Waals surface area contributed by atoms with E-state index in [0.29, 0.717) is 17.1 Å². The highest BCUT2D eigenvalue weighted by Gasteiger charge is 2.22. The van der Waals surface area contributed by atoms with E-state index in [1.807, 2.05) is 6.92 Å². The fourth-order valence-electron chi connectivity index (χ4n) is 1.73. The molecule has 0 saturated carbocycles. The monoisotopic (exact) mass is 238 g/mol. The third-order valence-electron chi connectivity index (χ3n) is 2.70. The summed E-state index contributed by atoms with van der Waals surface area (Å²) in [6.45, 7) is 3.53. The van der Waals surface area contributed by atoms with Crippen LogP contribution in [0.3, 0.4) is 0 Å². The summed E-state index contributed by atoms with van der Waals surface area (Å²) in [7, 11) is 3.06. The molecule has 1 N–H and O–H groups in total. The quantitative estimate of drug-likeness (QED) is 0.852. The summed E-state index contributed by atoms with van der Waals surface area (Å²) in [5, 5.41) is 9.98. The van der Waals surface area contributed by atoms with Crippen LogP contribution in [0.25, 0.3) is 0 Å². The van der Waals surface area contributed by atoms with Gasteiger partial charge in [-0.1, -0.05) is 6.92 Å². The molecule has 0 fully saturated rings. The van der Waals surface area contributed by atoms with Crippen molar-refractivity contribution in [2.45, 2.75) is 26.4 Å². The van der Waals surface area contributed by atoms with Crippen LogP contribution in [0.4, 0.5) is 0 Å². The van der Waals surface area contributed by atoms with Crippen molar-refractivity contribution in [3.63, 3.8) is 0 Å². The number of ketones is 1. The summed E-state index contributed by atoms with van der Waals surface area (Å²) in [6, 6.07) is 3.43. The second kappa shape index (κ2) is 5.68. The Morgan fingerprint density at radius 1 is 1.35 bits per heavy atom. The van der Waals surface area contributed by atoms with E-state index in [1.54, 1.807) is 26.2 Å². The highest BCUT2D eigenvalue weighted by Crippen LogP contribution is 2.33. The van der Waals surface area contributed by atoms with Gasteiger partial charge in [0.2, 0.25) is 0 Å². The highest BCUT2D eigenvalue weighted by molar-refractivity contribution is 5.85. The minimum Gasteiger partial charge on any atom is -0.497 e. The molecule has 0 heterocycles. The number of carbonyl (C=O) groups excluding carboxylic acids is 1. The average Bonchev–Trinajstić information content (AvgIpc) is 2.35. The molecule has 0 aliphatic rings. The Labute approximate surface area is 101 Å². The molecule has 0 aromatic heterocycles. The minimum atomic E-state index is -1.14. The molecule has 0 spiro atoms. The molecular weight excluding hydrogens is 220 g/mol. The molecule has 4 nitrogen and oxygen atoms in total. The molecular formula is C13H18O4. The number of hydrogen-bond acceptors (Lipinski definition) is 4. The van der Waals surface area contributed by atoms with Gasteiger partial charge in [0.25, 0.3) is 0 Å². The van der Waals surface area contributed by atoms with Crippen LogP contribution >= 0.6 is 0 Å². The molecule has 0 amide bonds. The van der Waals surface area contributed by atoms with Crippen molar-refractivity contribution in [3.8, 4) is 11.5 Å². The third kappa shape index (κ3) is 2.77. The number of carbonyl (C=O) groups is 1. The molecule has 1 atom stereocenters. The lowest BCUT2D eigenvalue weighted by molar-refractivity contribution is -0.127. The van der Waals surface area contributed by atoms with Gasteiger partial charge in [-0.05, 0) is 18.6 Å². The van der Waals surface area contributed by atoms with E-state index in [0.717, 1.165) is 5.56 Å². The molecule has 1 aromatic rings. The molecule has 17 heavy (non-hydrogen) atoms. The molecule has 0 radical (unpaired) electrons. The number of aliphatic hydroxyl groups excluding tert-OH is 1. The number of Topliss-reactive ketones (excluding diaryl/α,β-unsaturated/α-hetero) is 1. The molecule has 0 saturated heterocycles. The van der Waals surface area contributed by atoms with Gasteiger partial charge in [-0.15, -0.1) is 0 Å². The van der Waals surface area contributed by atoms with Gasteiger partial charge in [0.05, 0.1) is 14.2 Å². The van der Waals surface area contributed by atoms with Crippen molar-refractivity contribution < 1.29 is 19.4 Å². The fourth-order valence-corrected chi connectivity index (χ4v) is 1.73. The molecule has 4 heteroatoms. The smallest absolute Gasteiger partial charge is 0.165 e. The Bertz CT molecular complexity index is 412. The van der Waals surface area contributed by atoms with Gasteiger partial charge in [-0.2, -0.15) is 0 Å². The maximum Gasteiger partial charge on any atom is 0.165 e. The molecule has 1 aromatic carbocycles. The van der Waals surface area contributed by atoms with Crippen molar-refractivity contribution in [1.82, 2.24) is 0 Å². The number of aryl methyl sites for hydroxylation is 1. The van der Waals surface area contributed by atoms with Crippen LogP contribution in [0.1, 0.15) is 30.6 Å². The highest BCUT2D eigenvalue weighted by atomic mass is 16.5. The summed E-state index contributed by atoms with van der Waals surface area (Å²) in [4.78, 5) is 11.6. The summed E-state index contributed by atoms with van der Waals surface area (Å²) < 4.78 is 10.3. The van der Waals surface area contributed by atoms with Crippen molar-refractivity contribution in [2.24, 2.45) is 0 Å². The van der Waals surface area contributed by atoms with Crippen LogP contribution in [0.15, 0.2) is 12.1 Å². The van der Waals surface area contributed by atoms with Crippen LogP contribution in [0.5, 0.6) is 11.5 Å². The first-order valence-electron chi connectivity index (χ1n) is 5.48. The van der Waals surface area contributed by atoms with Gasteiger partial charge < -0.3 is 14.6 Å². The summed E-state index contributed by atoms with van der Waals surface area (Å²) in [5.41, 5.74) is 1.29. The predicted octanol–water partition coefficient (Wildman–Crippen LogP) is 2.02. The number of ether oxygens (including phenoxy) is 2. The Morgan fingerprint density at radius 3 is 2.47 bits per heavy atom. The van der Waals surface area contributed by atoms with Crippen molar-refractivity contribution in [1.29, 1.82) is 0 Å². The van der Waals surface area contributed by atoms with Crippen LogP contribution in [-0.2, 0) is 4.79 Å². The molecule has 0 aliphatic carbocycles. The second-order valence-electron chi connectivity index (χ2n) is 3.78. The Morgan fingerprint density at radius 2 is 2.00 bits per heavy atom. The van der Waals surface area contributed by atoms with Crippen molar-refractivity contribution >= 4 is 5.78 Å². The van der Waals surface area contributed by atoms with E-state index in [9.17, 15) is 9.90 Å². The SMILES string of the molecule is CCC(=O)C(O)c1c(C)cc(OC)cc1OC. The van der Waals surface area contributed by atoms with E-state index in [1.165, 1.54) is 7.11 Å². The Kier molecular flexibility index (Phi) is 4.52. The van der Waals surface area contributed by atoms with Crippen LogP contribution in [0.2, 0.25) is 0 Å². The molecule has 1 unspecified atom stereocenters. The van der Waals surface area contributed by atoms with Gasteiger partial charge >= 0.3 is 0 Å². The molecule has 1 rings (SSSR count). The Balaban J connectivity index is 3.27. The molecule has 94 valence electrons. The normalized spacial score (nSPS) is 12.1. The zero-order valence-electron chi connectivity index (χ0n) is 10.6. The summed E-state index contributed by atoms with van der Waals surface area (Å²) in [6.07, 6.45) is -0.851. The van der Waals surface area contributed by atoms with Gasteiger partial charge in [0.1, 0.15) is 17.6 Å². The van der Waals surface area contributed by atoms with Crippen LogP contribution < -0.4 is 9.47 Å². The van der Waals surface area contributed by atoms with Crippen LogP contribution in [-0.4, -0.2) is 25.1 Å². The van der Waals surface area contributed by atoms with Crippen molar-refractivity contribution in [2.75, 3.05) is 14.2 Å². The van der Waals surface area contributed by atoms with Crippen molar-refractivity contribution in [3.05, 3.63) is 23.3 Å². The lowest BCUT2D eigenvalue weighted by Crippen LogP contribution is -2.13. The largest absolute Gasteiger partial charge is 0.497 e. The standard InChI is InChI=1S/C13H18O4/c1-5-10(14)13(15)12-8(2)6-9(16-3)7-11(12)17-4/h6-7,13,15H,5H2,1-4H3. The van der Waals surface area contributed by atoms with Crippen LogP contribution in [0, 0.1) is 6.92 Å². The number of benzene rings is 1. The number of hydrogen-bond donors (Lipinski definition) is 1. The maximum atomic E-state index is 11.6. The first-order valence-corrected chi connectivity index (χ1v) is 5.48. The number of aliphatic hydroxyl groups is 1. The van der Waals surface area contributed by atoms with Gasteiger partial charge in [0, 0.05) is 18.1 Å². The lowest BCUT2D eigenvalue weighted by Gasteiger charge is -2.17. The van der Waals surface area contributed by atoms with E-state index in [4.69, 9.17) is 9.47 Å². The van der Waals surface area contributed by atoms with E-state index in [-0.39, 0.29) is 12.2 Å². The zero-order chi connectivity index (χ0) is 13.0. The predicted molar refractivity (Wildman–Crippen MR) is 64.5 cm³/mol. The summed E-state index contributed by atoms with van der Waals surface area (Å²) in [5.74, 6) is 0.881. The maximum absolute atomic E-state index is 11.6. The number of rotatable bonds is 5. The minimum absolute atomic E-state index is 0.225. The molecule has 0 aliphatic heterocycles. The summed E-state index contributed by atoms with van der Waals surface area (Å²) >= 11 is 0. The average molecular weight is 238 g/mol. The van der Waals surface area contributed by atoms with E-state index < -0.39 is 6.10 Å². The van der Waals surface area contributed by atoms with E-state index in [2.05, 4.69) is 0 Å². The van der Waals surface area contributed by atoms with Gasteiger partial charge in [-0.3, -0.25) is 4.79 Å². The Hall–Kier alpha value is -1.55. The van der Waals surface area contributed by atoms with Gasteiger partial charge in [-0.25, -0.2) is 0 Å². The third-order valence-corrected chi connectivity index (χ3v) is 2.70. The van der Waals surface area contributed by atoms with E-state index >= 15 is 0 Å². The lowest BCUT2D eigenvalue weighted by atomic mass is 9.98. The second-order valence-corrected chi connectivity index (χ2v) is 3.78. The topological polar surface area (TPSA) is 55.8 Å². The first kappa shape index (κ1) is 13.5. The number of methoxy groups -OCH3 is 2.